The minimum Gasteiger partial charge on any atom is -0.692 e. The Bertz CT molecular complexity index is 21.7. The quantitative estimate of drug-likeness (QED) is 0.251. The topological polar surface area (TPSA) is 105 Å². The Hall–Kier alpha value is 2.82. The minimum atomic E-state index is 0.603. The first kappa shape index (κ1) is 18.6. The van der Waals surface area contributed by atoms with Crippen LogP contribution in [0.5, 0.6) is 0 Å². The molecule has 0 aliphatic heterocycles. The maximum absolute atomic E-state index is 7.99. The van der Waals surface area contributed by atoms with Gasteiger partial charge >= 0.3 is 62.2 Å². The zero-order valence-corrected chi connectivity index (χ0v) is 11.0. The van der Waals surface area contributed by atoms with Crippen molar-refractivity contribution in [3.05, 3.63) is 0 Å². The van der Waals surface area contributed by atoms with Gasteiger partial charge in [0.15, 0.2) is 0 Å². The summed E-state index contributed by atoms with van der Waals surface area (Å²) in [5.74, 6) is 0. The molecule has 0 amide bonds. The molecule has 0 saturated heterocycles. The Morgan fingerprint density at radius 2 is 1.10 bits per heavy atom. The van der Waals surface area contributed by atoms with Gasteiger partial charge < -0.3 is 20.6 Å². The summed E-state index contributed by atoms with van der Waals surface area (Å²) in [7, 11) is 0. The molecular weight excluding hydrogens is 193 g/mol. The minimum absolute atomic E-state index is 0.603. The van der Waals surface area contributed by atoms with Crippen LogP contribution in [0.3, 0.4) is 0 Å². The number of rotatable bonds is 1. The third-order valence-electron chi connectivity index (χ3n) is 0.250. The van der Waals surface area contributed by atoms with Gasteiger partial charge in [-0.1, -0.05) is 0 Å². The van der Waals surface area contributed by atoms with Gasteiger partial charge in [-0.05, 0) is 0 Å². The molecule has 0 aromatic heterocycles. The molecule has 0 aliphatic carbocycles. The fourth-order valence-electron chi connectivity index (χ4n) is 0. The Kier molecular flexibility index (Phi) is 55.3. The van der Waals surface area contributed by atoms with E-state index in [0.717, 1.165) is 0 Å². The van der Waals surface area contributed by atoms with Crippen LogP contribution < -0.4 is 10.5 Å². The first-order chi connectivity index (χ1) is 4.74. The Morgan fingerprint density at radius 1 is 1.00 bits per heavy atom. The number of hydrogen-bond donors (Lipinski definition) is 2. The molecular formula is H2Mg4O6. The smallest absolute Gasteiger partial charge is 0.261 e. The largest absolute Gasteiger partial charge is 0.692 e. The van der Waals surface area contributed by atoms with E-state index < -0.39 is 0 Å². The molecule has 0 bridgehead atoms. The van der Waals surface area contributed by atoms with Gasteiger partial charge in [0.05, 0.1) is 0 Å². The monoisotopic (exact) mass is 194 g/mol. The molecule has 6 nitrogen and oxygen atoms in total. The van der Waals surface area contributed by atoms with Gasteiger partial charge in [-0.15, -0.1) is 0 Å². The molecule has 0 atom stereocenters. The predicted molar refractivity (Wildman–Crippen MR) is 30.4 cm³/mol. The Labute approximate surface area is 91.6 Å². The van der Waals surface area contributed by atoms with Crippen molar-refractivity contribution >= 4 is 62.2 Å². The molecule has 0 aromatic rings. The van der Waals surface area contributed by atoms with Crippen LogP contribution in [0, 0.1) is 0 Å². The summed E-state index contributed by atoms with van der Waals surface area (Å²) in [6.07, 6.45) is 0. The van der Waals surface area contributed by atoms with Gasteiger partial charge in [0.1, 0.15) is 0 Å². The third kappa shape index (κ3) is 71.4. The van der Waals surface area contributed by atoms with E-state index in [-0.39, 0.29) is 0 Å². The van der Waals surface area contributed by atoms with Crippen molar-refractivity contribution in [2.45, 2.75) is 0 Å². The Morgan fingerprint density at radius 3 is 1.10 bits per heavy atom. The van der Waals surface area contributed by atoms with Crippen LogP contribution in [-0.2, 0) is 10.1 Å². The summed E-state index contributed by atoms with van der Waals surface area (Å²) in [5, 5.41) is 33.0. The van der Waals surface area contributed by atoms with Crippen molar-refractivity contribution in [1.82, 2.24) is 0 Å². The summed E-state index contributed by atoms with van der Waals surface area (Å²) in [4.78, 5) is 0. The van der Waals surface area contributed by atoms with Crippen LogP contribution >= 0.6 is 0 Å². The Balaban J connectivity index is -0.0000000750. The van der Waals surface area contributed by atoms with Gasteiger partial charge in [0.25, 0.3) is 0 Å². The van der Waals surface area contributed by atoms with Crippen molar-refractivity contribution in [2.24, 2.45) is 0 Å². The van der Waals surface area contributed by atoms with Gasteiger partial charge in [0.2, 0.25) is 0 Å². The molecule has 2 N–H and O–H groups in total. The summed E-state index contributed by atoms with van der Waals surface area (Å²) < 4.78 is 0. The molecule has 0 saturated carbocycles. The van der Waals surface area contributed by atoms with Crippen LogP contribution in [-0.4, -0.2) is 72.7 Å². The second-order valence-corrected chi connectivity index (χ2v) is 19.2. The molecule has 46 valence electrons. The molecule has 0 fully saturated rings. The van der Waals surface area contributed by atoms with Crippen LogP contribution in [0.25, 0.3) is 0 Å². The van der Waals surface area contributed by atoms with Crippen molar-refractivity contribution in [3.8, 4) is 0 Å². The number of hydrogen-bond acceptors (Lipinski definition) is 6. The molecule has 0 spiro atoms. The SMILES string of the molecule is [Mg+][Mg][Mg][Mg+].[O-]OO.[O-]OO. The summed E-state index contributed by atoms with van der Waals surface area (Å²) in [6, 6.07) is 0. The molecule has 10 heavy (non-hydrogen) atoms. The van der Waals surface area contributed by atoms with Crippen molar-refractivity contribution < 1.29 is 31.1 Å². The van der Waals surface area contributed by atoms with Gasteiger partial charge in [-0.25, -0.2) is 0 Å². The van der Waals surface area contributed by atoms with Crippen molar-refractivity contribution in [3.63, 3.8) is 0 Å². The molecule has 0 unspecified atom stereocenters. The first-order valence-electron chi connectivity index (χ1n) is 2.20. The van der Waals surface area contributed by atoms with Crippen molar-refractivity contribution in [1.29, 1.82) is 0 Å². The van der Waals surface area contributed by atoms with Gasteiger partial charge in [-0.3, -0.25) is 10.5 Å². The standard InChI is InChI=1S/4Mg.2H2O3/c;;;;2*1-3-2/h;;;;2*1-2H/q;;2*+1;;/p-2. The van der Waals surface area contributed by atoms with Crippen molar-refractivity contribution in [2.75, 3.05) is 0 Å². The fraction of sp³-hybridized carbons (Fsp3) is 0. The normalized spacial score (nSPS) is 5.20. The van der Waals surface area contributed by atoms with E-state index in [2.05, 4.69) is 36.1 Å². The average Bonchev–Trinajstić information content (AvgIpc) is 1.91. The zero-order valence-electron chi connectivity index (χ0n) is 5.36. The second-order valence-electron chi connectivity index (χ2n) is 0.856. The third-order valence-corrected chi connectivity index (χ3v) is 20.2. The average molecular weight is 195 g/mol. The van der Waals surface area contributed by atoms with E-state index >= 15 is 0 Å². The van der Waals surface area contributed by atoms with Gasteiger partial charge in [-0.2, -0.15) is 0 Å². The van der Waals surface area contributed by atoms with Crippen LogP contribution in [0.15, 0.2) is 0 Å². The van der Waals surface area contributed by atoms with Crippen LogP contribution in [0.2, 0.25) is 0 Å². The van der Waals surface area contributed by atoms with Gasteiger partial charge in [0, 0.05) is 0 Å². The van der Waals surface area contributed by atoms with E-state index in [0.29, 0.717) is 26.1 Å². The second kappa shape index (κ2) is 29.7. The molecule has 0 radical (unpaired) electrons. The zero-order chi connectivity index (χ0) is 8.83. The van der Waals surface area contributed by atoms with Crippen LogP contribution in [0.1, 0.15) is 0 Å². The molecule has 0 aliphatic rings. The molecule has 10 heteroatoms. The van der Waals surface area contributed by atoms with E-state index in [1.165, 1.54) is 0 Å². The summed E-state index contributed by atoms with van der Waals surface area (Å²) in [6.45, 7) is 0. The maximum atomic E-state index is 7.99. The maximum Gasteiger partial charge on any atom is -0.261 e. The first-order valence-corrected chi connectivity index (χ1v) is 14.2. The fourth-order valence-corrected chi connectivity index (χ4v) is 0. The summed E-state index contributed by atoms with van der Waals surface area (Å²) >= 11 is 5.67. The van der Waals surface area contributed by atoms with E-state index in [1.54, 1.807) is 0 Å². The predicted octanol–water partition coefficient (Wildman–Crippen LogP) is -4.02. The van der Waals surface area contributed by atoms with E-state index in [9.17, 15) is 0 Å². The van der Waals surface area contributed by atoms with E-state index in [1.807, 2.05) is 10.1 Å². The van der Waals surface area contributed by atoms with E-state index in [4.69, 9.17) is 21.0 Å². The molecule has 0 aromatic carbocycles. The summed E-state index contributed by atoms with van der Waals surface area (Å²) in [5.41, 5.74) is 0. The molecule has 0 heterocycles. The molecule has 0 rings (SSSR count). The van der Waals surface area contributed by atoms with Crippen LogP contribution in [0.4, 0.5) is 0 Å².